The summed E-state index contributed by atoms with van der Waals surface area (Å²) in [6.07, 6.45) is 6.91. The molecule has 36 heavy (non-hydrogen) atoms. The highest BCUT2D eigenvalue weighted by Crippen LogP contribution is 2.36. The Bertz CT molecular complexity index is 1210. The molecule has 4 aliphatic rings. The van der Waals surface area contributed by atoms with E-state index in [-0.39, 0.29) is 24.3 Å². The van der Waals surface area contributed by atoms with Gasteiger partial charge in [-0.2, -0.15) is 0 Å². The molecule has 9 heteroatoms. The molecule has 0 bridgehead atoms. The van der Waals surface area contributed by atoms with Gasteiger partial charge in [0, 0.05) is 60.5 Å². The topological polar surface area (TPSA) is 91.8 Å². The number of nitrogens with one attached hydrogen (secondary N) is 1. The molecule has 6 rings (SSSR count). The first-order valence-corrected chi connectivity index (χ1v) is 13.1. The van der Waals surface area contributed by atoms with Crippen LogP contribution in [-0.2, 0) is 16.1 Å². The van der Waals surface area contributed by atoms with Crippen molar-refractivity contribution in [2.45, 2.75) is 69.2 Å². The molecule has 0 radical (unpaired) electrons. The van der Waals surface area contributed by atoms with Gasteiger partial charge in [0.2, 0.25) is 11.8 Å². The molecule has 1 aromatic heterocycles. The number of imide groups is 1. The van der Waals surface area contributed by atoms with Crippen molar-refractivity contribution in [2.24, 2.45) is 0 Å². The Labute approximate surface area is 214 Å². The molecule has 3 aliphatic heterocycles. The Morgan fingerprint density at radius 3 is 2.67 bits per heavy atom. The summed E-state index contributed by atoms with van der Waals surface area (Å²) in [5, 5.41) is 3.08. The molecular weight excluding hydrogens is 480 g/mol. The molecule has 1 aliphatic carbocycles. The van der Waals surface area contributed by atoms with Crippen molar-refractivity contribution in [1.82, 2.24) is 20.1 Å². The predicted molar refractivity (Wildman–Crippen MR) is 133 cm³/mol. The average molecular weight is 509 g/mol. The first kappa shape index (κ1) is 23.4. The number of ether oxygens (including phenoxy) is 1. The van der Waals surface area contributed by atoms with Crippen LogP contribution in [0.1, 0.15) is 66.1 Å². The van der Waals surface area contributed by atoms with Crippen LogP contribution in [0.15, 0.2) is 36.5 Å². The number of likely N-dealkylation sites (tertiary alicyclic amines) is 1. The second kappa shape index (κ2) is 9.48. The Morgan fingerprint density at radius 1 is 1.03 bits per heavy atom. The van der Waals surface area contributed by atoms with Crippen LogP contribution in [-0.4, -0.2) is 63.8 Å². The summed E-state index contributed by atoms with van der Waals surface area (Å²) in [5.74, 6) is 0.320. The Balaban J connectivity index is 1.12. The van der Waals surface area contributed by atoms with Crippen molar-refractivity contribution in [1.29, 1.82) is 0 Å². The quantitative estimate of drug-likeness (QED) is 0.623. The number of pyridine rings is 1. The highest BCUT2D eigenvalue weighted by Gasteiger charge is 2.41. The number of amides is 3. The van der Waals surface area contributed by atoms with Gasteiger partial charge in [-0.1, -0.05) is 18.0 Å². The summed E-state index contributed by atoms with van der Waals surface area (Å²) in [6, 6.07) is 9.13. The van der Waals surface area contributed by atoms with Crippen LogP contribution in [0.5, 0.6) is 5.75 Å². The van der Waals surface area contributed by atoms with Gasteiger partial charge in [-0.05, 0) is 61.6 Å². The minimum atomic E-state index is -0.608. The maximum atomic E-state index is 13.0. The van der Waals surface area contributed by atoms with Crippen molar-refractivity contribution >= 4 is 29.3 Å². The zero-order valence-electron chi connectivity index (χ0n) is 20.0. The monoisotopic (exact) mass is 508 g/mol. The molecule has 3 atom stereocenters. The number of benzene rings is 1. The maximum absolute atomic E-state index is 13.0. The zero-order chi connectivity index (χ0) is 24.8. The Kier molecular flexibility index (Phi) is 6.17. The molecule has 1 aromatic carbocycles. The SMILES string of the molecule is O=C1CCC(N2Cc3cc(O[C@@H]4CCCC[C@@H]4N4CC(c5cc(Cl)ccn5)C4)ccc3C2=O)C(=O)N1. The predicted octanol–water partition coefficient (Wildman–Crippen LogP) is 3.29. The van der Waals surface area contributed by atoms with E-state index >= 15 is 0 Å². The number of hydrogen-bond acceptors (Lipinski definition) is 6. The second-order valence-electron chi connectivity index (χ2n) is 10.3. The molecule has 4 heterocycles. The van der Waals surface area contributed by atoms with E-state index in [9.17, 15) is 14.4 Å². The standard InChI is InChI=1S/C27H29ClN4O4/c28-18-9-10-29-21(12-18)17-13-31(14-17)22-3-1-2-4-24(22)36-19-5-6-20-16(11-19)15-32(27(20)35)23-7-8-25(33)30-26(23)34/h5-6,9-12,17,22-24H,1-4,7-8,13-15H2,(H,30,33,34)/t22-,23?,24+/m0/s1. The highest BCUT2D eigenvalue weighted by atomic mass is 35.5. The maximum Gasteiger partial charge on any atom is 0.255 e. The summed E-state index contributed by atoms with van der Waals surface area (Å²) in [7, 11) is 0. The number of aromatic nitrogens is 1. The van der Waals surface area contributed by atoms with Gasteiger partial charge in [0.1, 0.15) is 17.9 Å². The molecule has 1 N–H and O–H groups in total. The average Bonchev–Trinajstić information content (AvgIpc) is 3.15. The van der Waals surface area contributed by atoms with E-state index in [0.717, 1.165) is 54.4 Å². The third-order valence-corrected chi connectivity index (χ3v) is 8.23. The lowest BCUT2D eigenvalue weighted by Crippen LogP contribution is -2.57. The van der Waals surface area contributed by atoms with Crippen LogP contribution in [0.2, 0.25) is 5.02 Å². The number of halogens is 1. The molecule has 1 unspecified atom stereocenters. The van der Waals surface area contributed by atoms with E-state index in [0.29, 0.717) is 30.5 Å². The molecule has 188 valence electrons. The summed E-state index contributed by atoms with van der Waals surface area (Å²) in [6.45, 7) is 2.27. The summed E-state index contributed by atoms with van der Waals surface area (Å²) in [4.78, 5) is 45.4. The second-order valence-corrected chi connectivity index (χ2v) is 10.7. The van der Waals surface area contributed by atoms with Crippen molar-refractivity contribution in [3.8, 4) is 5.75 Å². The molecule has 8 nitrogen and oxygen atoms in total. The van der Waals surface area contributed by atoms with Gasteiger partial charge < -0.3 is 9.64 Å². The van der Waals surface area contributed by atoms with Crippen LogP contribution in [0, 0.1) is 0 Å². The first-order chi connectivity index (χ1) is 17.5. The van der Waals surface area contributed by atoms with Gasteiger partial charge in [-0.25, -0.2) is 0 Å². The van der Waals surface area contributed by atoms with E-state index in [1.807, 2.05) is 18.2 Å². The molecule has 3 amide bonds. The molecule has 2 saturated heterocycles. The Morgan fingerprint density at radius 2 is 1.86 bits per heavy atom. The van der Waals surface area contributed by atoms with Gasteiger partial charge >= 0.3 is 0 Å². The van der Waals surface area contributed by atoms with Crippen molar-refractivity contribution < 1.29 is 19.1 Å². The van der Waals surface area contributed by atoms with Gasteiger partial charge in [-0.3, -0.25) is 29.6 Å². The van der Waals surface area contributed by atoms with Crippen molar-refractivity contribution in [3.05, 3.63) is 58.4 Å². The van der Waals surface area contributed by atoms with Gasteiger partial charge in [0.05, 0.1) is 0 Å². The van der Waals surface area contributed by atoms with Gasteiger partial charge in [0.25, 0.3) is 5.91 Å². The molecule has 3 fully saturated rings. The van der Waals surface area contributed by atoms with Crippen molar-refractivity contribution in [3.63, 3.8) is 0 Å². The van der Waals surface area contributed by atoms with Gasteiger partial charge in [0.15, 0.2) is 0 Å². The molecule has 2 aromatic rings. The number of fused-ring (bicyclic) bond motifs is 1. The third-order valence-electron chi connectivity index (χ3n) is 7.99. The summed E-state index contributed by atoms with van der Waals surface area (Å²) >= 11 is 6.15. The van der Waals surface area contributed by atoms with E-state index in [2.05, 4.69) is 15.2 Å². The van der Waals surface area contributed by atoms with Crippen LogP contribution >= 0.6 is 11.6 Å². The lowest BCUT2D eigenvalue weighted by Gasteiger charge is -2.48. The van der Waals surface area contributed by atoms with E-state index < -0.39 is 11.9 Å². The van der Waals surface area contributed by atoms with Crippen LogP contribution in [0.3, 0.4) is 0 Å². The molecule has 1 saturated carbocycles. The number of piperidine rings is 1. The summed E-state index contributed by atoms with van der Waals surface area (Å²) < 4.78 is 6.53. The minimum absolute atomic E-state index is 0.0911. The van der Waals surface area contributed by atoms with E-state index in [4.69, 9.17) is 16.3 Å². The number of rotatable bonds is 5. The Hall–Kier alpha value is -2.97. The number of nitrogens with zero attached hydrogens (tertiary/aromatic N) is 3. The van der Waals surface area contributed by atoms with Crippen molar-refractivity contribution in [2.75, 3.05) is 13.1 Å². The fraction of sp³-hybridized carbons (Fsp3) is 0.481. The number of hydrogen-bond donors (Lipinski definition) is 1. The van der Waals surface area contributed by atoms with Crippen LogP contribution in [0.25, 0.3) is 0 Å². The summed E-state index contributed by atoms with van der Waals surface area (Å²) in [5.41, 5.74) is 2.52. The number of carbonyl (C=O) groups is 3. The van der Waals surface area contributed by atoms with Crippen LogP contribution in [0.4, 0.5) is 0 Å². The van der Waals surface area contributed by atoms with Gasteiger partial charge in [-0.15, -0.1) is 0 Å². The zero-order valence-corrected chi connectivity index (χ0v) is 20.7. The van der Waals surface area contributed by atoms with E-state index in [1.165, 1.54) is 6.42 Å². The third kappa shape index (κ3) is 4.37. The van der Waals surface area contributed by atoms with E-state index in [1.54, 1.807) is 23.2 Å². The molecule has 0 spiro atoms. The first-order valence-electron chi connectivity index (χ1n) is 12.8. The number of carbonyl (C=O) groups excluding carboxylic acids is 3. The smallest absolute Gasteiger partial charge is 0.255 e. The lowest BCUT2D eigenvalue weighted by atomic mass is 9.85. The minimum Gasteiger partial charge on any atom is -0.489 e. The van der Waals surface area contributed by atoms with Crippen LogP contribution < -0.4 is 10.1 Å². The largest absolute Gasteiger partial charge is 0.489 e. The fourth-order valence-corrected chi connectivity index (χ4v) is 6.21. The lowest BCUT2D eigenvalue weighted by molar-refractivity contribution is -0.136. The fourth-order valence-electron chi connectivity index (χ4n) is 6.05. The normalized spacial score (nSPS) is 27.0. The highest BCUT2D eigenvalue weighted by molar-refractivity contribution is 6.30. The molecular formula is C27H29ClN4O4.